The van der Waals surface area contributed by atoms with Crippen molar-refractivity contribution in [1.29, 1.82) is 0 Å². The van der Waals surface area contributed by atoms with Crippen LogP contribution >= 0.6 is 23.2 Å². The van der Waals surface area contributed by atoms with E-state index in [9.17, 15) is 18.0 Å². The van der Waals surface area contributed by atoms with E-state index in [-0.39, 0.29) is 5.02 Å². The Labute approximate surface area is 105 Å². The van der Waals surface area contributed by atoms with Crippen molar-refractivity contribution in [3.05, 3.63) is 34.9 Å². The molecule has 0 heterocycles. The van der Waals surface area contributed by atoms with Crippen molar-refractivity contribution >= 4 is 28.4 Å². The Bertz CT molecular complexity index is 434. The lowest BCUT2D eigenvalue weighted by atomic mass is 9.94. The van der Waals surface area contributed by atoms with Crippen LogP contribution in [0.2, 0.25) is 5.02 Å². The zero-order valence-corrected chi connectivity index (χ0v) is 10.0. The quantitative estimate of drug-likeness (QED) is 0.795. The fourth-order valence-electron chi connectivity index (χ4n) is 1.42. The molecule has 0 spiro atoms. The van der Waals surface area contributed by atoms with Gasteiger partial charge in [0.2, 0.25) is 0 Å². The van der Waals surface area contributed by atoms with Gasteiger partial charge in [0, 0.05) is 17.7 Å². The predicted molar refractivity (Wildman–Crippen MR) is 57.1 cm³/mol. The molecule has 1 aromatic rings. The summed E-state index contributed by atoms with van der Waals surface area (Å²) in [6, 6.07) is 5.00. The Morgan fingerprint density at radius 1 is 1.29 bits per heavy atom. The van der Waals surface area contributed by atoms with E-state index in [4.69, 9.17) is 23.2 Å². The summed E-state index contributed by atoms with van der Waals surface area (Å²) in [6.45, 7) is 0. The number of halogens is 5. The van der Waals surface area contributed by atoms with Gasteiger partial charge in [0.15, 0.2) is 0 Å². The van der Waals surface area contributed by atoms with Crippen LogP contribution in [0.25, 0.3) is 0 Å². The molecule has 0 fully saturated rings. The minimum absolute atomic E-state index is 0.249. The van der Waals surface area contributed by atoms with Gasteiger partial charge >= 0.3 is 6.18 Å². The van der Waals surface area contributed by atoms with Crippen LogP contribution in [0.1, 0.15) is 5.56 Å². The summed E-state index contributed by atoms with van der Waals surface area (Å²) < 4.78 is 43.3. The first-order valence-electron chi connectivity index (χ1n) is 4.34. The number of methoxy groups -OCH3 is 1. The average Bonchev–Trinajstić information content (AvgIpc) is 2.19. The van der Waals surface area contributed by atoms with E-state index in [2.05, 4.69) is 4.74 Å². The third-order valence-corrected chi connectivity index (χ3v) is 2.83. The highest BCUT2D eigenvalue weighted by molar-refractivity contribution is 6.65. The van der Waals surface area contributed by atoms with Gasteiger partial charge in [-0.25, -0.2) is 0 Å². The van der Waals surface area contributed by atoms with Crippen LogP contribution < -0.4 is 0 Å². The third-order valence-electron chi connectivity index (χ3n) is 2.24. The molecule has 0 radical (unpaired) electrons. The molecule has 0 aliphatic heterocycles. The third kappa shape index (κ3) is 2.27. The van der Waals surface area contributed by atoms with E-state index in [1.165, 1.54) is 18.2 Å². The average molecular weight is 287 g/mol. The largest absolute Gasteiger partial charge is 0.430 e. The molecule has 7 heteroatoms. The van der Waals surface area contributed by atoms with E-state index in [1.807, 2.05) is 0 Å². The molecular formula is C10H7Cl2F3O2. The molecule has 0 bridgehead atoms. The smallest absolute Gasteiger partial charge is 0.357 e. The van der Waals surface area contributed by atoms with Gasteiger partial charge in [0.1, 0.15) is 0 Å². The molecule has 1 aromatic carbocycles. The van der Waals surface area contributed by atoms with Crippen molar-refractivity contribution in [3.63, 3.8) is 0 Å². The summed E-state index contributed by atoms with van der Waals surface area (Å²) in [7, 11) is 0.747. The number of benzene rings is 1. The van der Waals surface area contributed by atoms with Gasteiger partial charge in [-0.05, 0) is 17.7 Å². The zero-order chi connectivity index (χ0) is 13.3. The van der Waals surface area contributed by atoms with Crippen molar-refractivity contribution < 1.29 is 22.7 Å². The van der Waals surface area contributed by atoms with Crippen molar-refractivity contribution in [2.45, 2.75) is 11.8 Å². The molecule has 1 rings (SSSR count). The normalized spacial score (nSPS) is 15.4. The molecule has 2 nitrogen and oxygen atoms in total. The second-order valence-corrected chi connectivity index (χ2v) is 3.89. The van der Waals surface area contributed by atoms with Crippen LogP contribution in [0.5, 0.6) is 0 Å². The lowest BCUT2D eigenvalue weighted by Gasteiger charge is -2.31. The number of alkyl halides is 3. The molecule has 1 atom stereocenters. The monoisotopic (exact) mass is 286 g/mol. The van der Waals surface area contributed by atoms with Crippen molar-refractivity contribution in [2.24, 2.45) is 0 Å². The van der Waals surface area contributed by atoms with Crippen molar-refractivity contribution in [3.8, 4) is 0 Å². The molecule has 0 N–H and O–H groups in total. The second-order valence-electron chi connectivity index (χ2n) is 3.14. The first-order chi connectivity index (χ1) is 7.77. The summed E-state index contributed by atoms with van der Waals surface area (Å²) in [5.41, 5.74) is -3.77. The maximum absolute atomic E-state index is 13.0. The van der Waals surface area contributed by atoms with Gasteiger partial charge in [-0.15, -0.1) is 0 Å². The fraction of sp³-hybridized carbons (Fsp3) is 0.300. The summed E-state index contributed by atoms with van der Waals surface area (Å²) in [6.07, 6.45) is -5.01. The summed E-state index contributed by atoms with van der Waals surface area (Å²) in [5, 5.41) is -1.94. The van der Waals surface area contributed by atoms with Crippen LogP contribution in [0.4, 0.5) is 13.2 Å². The first-order valence-corrected chi connectivity index (χ1v) is 5.09. The molecule has 0 aliphatic rings. The van der Waals surface area contributed by atoms with Gasteiger partial charge < -0.3 is 4.74 Å². The van der Waals surface area contributed by atoms with E-state index >= 15 is 0 Å². The van der Waals surface area contributed by atoms with Gasteiger partial charge in [0.25, 0.3) is 10.8 Å². The lowest BCUT2D eigenvalue weighted by molar-refractivity contribution is -0.260. The Morgan fingerprint density at radius 3 is 2.18 bits per heavy atom. The maximum Gasteiger partial charge on any atom is 0.430 e. The maximum atomic E-state index is 13.0. The van der Waals surface area contributed by atoms with E-state index in [0.29, 0.717) is 0 Å². The van der Waals surface area contributed by atoms with E-state index < -0.39 is 22.6 Å². The molecule has 94 valence electrons. The van der Waals surface area contributed by atoms with Crippen LogP contribution in [0.15, 0.2) is 24.3 Å². The fourth-order valence-corrected chi connectivity index (χ4v) is 1.98. The van der Waals surface area contributed by atoms with Gasteiger partial charge in [-0.1, -0.05) is 29.8 Å². The van der Waals surface area contributed by atoms with Crippen LogP contribution in [0.3, 0.4) is 0 Å². The van der Waals surface area contributed by atoms with Gasteiger partial charge in [-0.2, -0.15) is 13.2 Å². The number of hydrogen-bond donors (Lipinski definition) is 0. The minimum atomic E-state index is -5.01. The minimum Gasteiger partial charge on any atom is -0.357 e. The number of rotatable bonds is 3. The van der Waals surface area contributed by atoms with Crippen LogP contribution in [0, 0.1) is 0 Å². The highest BCUT2D eigenvalue weighted by Crippen LogP contribution is 2.45. The number of hydrogen-bond acceptors (Lipinski definition) is 2. The lowest BCUT2D eigenvalue weighted by Crippen LogP contribution is -2.49. The first kappa shape index (κ1) is 14.3. The molecule has 0 saturated heterocycles. The Kier molecular flexibility index (Phi) is 4.06. The van der Waals surface area contributed by atoms with E-state index in [1.54, 1.807) is 0 Å². The Morgan fingerprint density at radius 2 is 1.82 bits per heavy atom. The Balaban J connectivity index is 3.55. The number of ether oxygens (including phenoxy) is 1. The van der Waals surface area contributed by atoms with Crippen molar-refractivity contribution in [2.75, 3.05) is 7.11 Å². The standard InChI is InChI=1S/C10H7Cl2F3O2/c1-17-9(8(12)16,10(13,14)15)6-4-2-3-5-7(6)11/h2-5H,1H3. The molecule has 0 amide bonds. The van der Waals surface area contributed by atoms with Crippen molar-refractivity contribution in [1.82, 2.24) is 0 Å². The molecule has 0 aliphatic carbocycles. The molecular weight excluding hydrogens is 280 g/mol. The van der Waals surface area contributed by atoms with Gasteiger partial charge in [-0.3, -0.25) is 4.79 Å². The van der Waals surface area contributed by atoms with Crippen LogP contribution in [-0.2, 0) is 15.1 Å². The molecule has 1 unspecified atom stereocenters. The number of carbonyl (C=O) groups excluding carboxylic acids is 1. The predicted octanol–water partition coefficient (Wildman–Crippen LogP) is 3.51. The number of carbonyl (C=O) groups is 1. The summed E-state index contributed by atoms with van der Waals surface area (Å²) >= 11 is 10.7. The summed E-state index contributed by atoms with van der Waals surface area (Å²) in [5.74, 6) is 0. The SMILES string of the molecule is COC(C(=O)Cl)(c1ccccc1Cl)C(F)(F)F. The van der Waals surface area contributed by atoms with Gasteiger partial charge in [0.05, 0.1) is 0 Å². The molecule has 0 aromatic heterocycles. The van der Waals surface area contributed by atoms with E-state index in [0.717, 1.165) is 13.2 Å². The topological polar surface area (TPSA) is 26.3 Å². The highest BCUT2D eigenvalue weighted by atomic mass is 35.5. The van der Waals surface area contributed by atoms with Crippen LogP contribution in [-0.4, -0.2) is 18.5 Å². The highest BCUT2D eigenvalue weighted by Gasteiger charge is 2.62. The second kappa shape index (κ2) is 4.84. The molecule has 17 heavy (non-hydrogen) atoms. The molecule has 0 saturated carbocycles. The summed E-state index contributed by atoms with van der Waals surface area (Å²) in [4.78, 5) is 11.2. The zero-order valence-electron chi connectivity index (χ0n) is 8.52. The Hall–Kier alpha value is -0.780.